The van der Waals surface area contributed by atoms with Crippen LogP contribution in [-0.4, -0.2) is 19.9 Å². The van der Waals surface area contributed by atoms with Gasteiger partial charge >= 0.3 is 0 Å². The molecule has 0 N–H and O–H groups in total. The van der Waals surface area contributed by atoms with Gasteiger partial charge in [0.1, 0.15) is 0 Å². The SMILES string of the molecule is Cc1noc(Cc2c(C)nn(-c3ccccc3)c2C)n1. The van der Waals surface area contributed by atoms with E-state index in [0.717, 1.165) is 22.6 Å². The Bertz CT molecular complexity index is 728. The lowest BCUT2D eigenvalue weighted by molar-refractivity contribution is 0.381. The van der Waals surface area contributed by atoms with Crippen molar-refractivity contribution in [2.75, 3.05) is 0 Å². The van der Waals surface area contributed by atoms with E-state index in [2.05, 4.69) is 22.2 Å². The van der Waals surface area contributed by atoms with Crippen LogP contribution in [0.25, 0.3) is 5.69 Å². The van der Waals surface area contributed by atoms with Crippen LogP contribution in [0.3, 0.4) is 0 Å². The number of rotatable bonds is 3. The molecular weight excluding hydrogens is 252 g/mol. The first-order chi connectivity index (χ1) is 9.65. The molecule has 0 unspecified atom stereocenters. The second kappa shape index (κ2) is 4.92. The third-order valence-corrected chi connectivity index (χ3v) is 3.34. The fourth-order valence-electron chi connectivity index (χ4n) is 2.31. The highest BCUT2D eigenvalue weighted by Gasteiger charge is 2.15. The zero-order chi connectivity index (χ0) is 14.1. The average molecular weight is 268 g/mol. The van der Waals surface area contributed by atoms with Gasteiger partial charge in [0, 0.05) is 11.3 Å². The van der Waals surface area contributed by atoms with Crippen LogP contribution >= 0.6 is 0 Å². The van der Waals surface area contributed by atoms with E-state index in [0.29, 0.717) is 18.1 Å². The molecular formula is C15H16N4O. The van der Waals surface area contributed by atoms with Gasteiger partial charge in [-0.15, -0.1) is 0 Å². The number of benzene rings is 1. The van der Waals surface area contributed by atoms with E-state index < -0.39 is 0 Å². The van der Waals surface area contributed by atoms with Gasteiger partial charge in [0.2, 0.25) is 5.89 Å². The van der Waals surface area contributed by atoms with Gasteiger partial charge in [-0.2, -0.15) is 10.1 Å². The normalized spacial score (nSPS) is 10.9. The summed E-state index contributed by atoms with van der Waals surface area (Å²) in [6.07, 6.45) is 0.616. The van der Waals surface area contributed by atoms with E-state index in [1.165, 1.54) is 0 Å². The van der Waals surface area contributed by atoms with Crippen LogP contribution in [-0.2, 0) is 6.42 Å². The molecule has 0 amide bonds. The summed E-state index contributed by atoms with van der Waals surface area (Å²) in [6.45, 7) is 5.89. The largest absolute Gasteiger partial charge is 0.339 e. The Morgan fingerprint density at radius 3 is 2.50 bits per heavy atom. The molecule has 3 rings (SSSR count). The zero-order valence-corrected chi connectivity index (χ0v) is 11.8. The molecule has 1 aromatic carbocycles. The quantitative estimate of drug-likeness (QED) is 0.733. The third kappa shape index (κ3) is 2.22. The van der Waals surface area contributed by atoms with Gasteiger partial charge in [0.05, 0.1) is 17.8 Å². The van der Waals surface area contributed by atoms with Crippen molar-refractivity contribution in [1.29, 1.82) is 0 Å². The van der Waals surface area contributed by atoms with Crippen LogP contribution in [0.2, 0.25) is 0 Å². The maximum Gasteiger partial charge on any atom is 0.231 e. The van der Waals surface area contributed by atoms with E-state index >= 15 is 0 Å². The van der Waals surface area contributed by atoms with Crippen LogP contribution < -0.4 is 0 Å². The Balaban J connectivity index is 1.99. The van der Waals surface area contributed by atoms with Crippen molar-refractivity contribution in [3.05, 3.63) is 59.0 Å². The molecule has 2 heterocycles. The highest BCUT2D eigenvalue weighted by atomic mass is 16.5. The smallest absolute Gasteiger partial charge is 0.231 e. The Kier molecular flexibility index (Phi) is 3.10. The first kappa shape index (κ1) is 12.6. The molecule has 0 aliphatic heterocycles. The molecule has 20 heavy (non-hydrogen) atoms. The topological polar surface area (TPSA) is 56.7 Å². The Labute approximate surface area is 117 Å². The second-order valence-corrected chi connectivity index (χ2v) is 4.81. The maximum atomic E-state index is 5.20. The van der Waals surface area contributed by atoms with E-state index in [1.54, 1.807) is 0 Å². The summed E-state index contributed by atoms with van der Waals surface area (Å²) in [5.41, 5.74) is 4.28. The first-order valence-corrected chi connectivity index (χ1v) is 6.55. The Morgan fingerprint density at radius 1 is 1.10 bits per heavy atom. The minimum absolute atomic E-state index is 0.616. The minimum Gasteiger partial charge on any atom is -0.339 e. The van der Waals surface area contributed by atoms with Gasteiger partial charge in [-0.05, 0) is 32.9 Å². The summed E-state index contributed by atoms with van der Waals surface area (Å²) in [5.74, 6) is 1.28. The van der Waals surface area contributed by atoms with Gasteiger partial charge in [-0.3, -0.25) is 0 Å². The zero-order valence-electron chi connectivity index (χ0n) is 11.8. The van der Waals surface area contributed by atoms with Crippen molar-refractivity contribution in [2.45, 2.75) is 27.2 Å². The summed E-state index contributed by atoms with van der Waals surface area (Å²) in [5, 5.41) is 8.43. The maximum absolute atomic E-state index is 5.20. The van der Waals surface area contributed by atoms with Crippen LogP contribution in [0.5, 0.6) is 0 Å². The summed E-state index contributed by atoms with van der Waals surface area (Å²) < 4.78 is 7.15. The van der Waals surface area contributed by atoms with Crippen molar-refractivity contribution in [3.63, 3.8) is 0 Å². The Hall–Kier alpha value is -2.43. The van der Waals surface area contributed by atoms with Crippen LogP contribution in [0, 0.1) is 20.8 Å². The lowest BCUT2D eigenvalue weighted by atomic mass is 10.1. The van der Waals surface area contributed by atoms with Crippen molar-refractivity contribution >= 4 is 0 Å². The predicted molar refractivity (Wildman–Crippen MR) is 74.9 cm³/mol. The number of aromatic nitrogens is 4. The highest BCUT2D eigenvalue weighted by molar-refractivity contribution is 5.37. The third-order valence-electron chi connectivity index (χ3n) is 3.34. The number of hydrogen-bond donors (Lipinski definition) is 0. The molecule has 0 bridgehead atoms. The van der Waals surface area contributed by atoms with E-state index in [4.69, 9.17) is 4.52 Å². The molecule has 0 saturated heterocycles. The molecule has 102 valence electrons. The number of nitrogens with zero attached hydrogens (tertiary/aromatic N) is 4. The van der Waals surface area contributed by atoms with Gasteiger partial charge in [-0.1, -0.05) is 23.4 Å². The monoisotopic (exact) mass is 268 g/mol. The minimum atomic E-state index is 0.616. The molecule has 0 radical (unpaired) electrons. The average Bonchev–Trinajstić information content (AvgIpc) is 2.98. The first-order valence-electron chi connectivity index (χ1n) is 6.55. The molecule has 0 aliphatic rings. The molecule has 2 aromatic heterocycles. The van der Waals surface area contributed by atoms with Gasteiger partial charge in [0.15, 0.2) is 5.82 Å². The molecule has 0 saturated carbocycles. The molecule has 0 spiro atoms. The number of aryl methyl sites for hydroxylation is 2. The summed E-state index contributed by atoms with van der Waals surface area (Å²) in [7, 11) is 0. The fourth-order valence-corrected chi connectivity index (χ4v) is 2.31. The van der Waals surface area contributed by atoms with Gasteiger partial charge in [-0.25, -0.2) is 4.68 Å². The number of para-hydroxylation sites is 1. The van der Waals surface area contributed by atoms with E-state index in [-0.39, 0.29) is 0 Å². The molecule has 0 fully saturated rings. The lowest BCUT2D eigenvalue weighted by Gasteiger charge is -2.04. The predicted octanol–water partition coefficient (Wildman–Crippen LogP) is 2.77. The molecule has 5 heteroatoms. The van der Waals surface area contributed by atoms with Gasteiger partial charge in [0.25, 0.3) is 0 Å². The number of hydrogen-bond acceptors (Lipinski definition) is 4. The van der Waals surface area contributed by atoms with Crippen molar-refractivity contribution < 1.29 is 4.52 Å². The standard InChI is InChI=1S/C15H16N4O/c1-10-14(9-15-16-12(3)18-20-15)11(2)19(17-10)13-7-5-4-6-8-13/h4-8H,9H2,1-3H3. The fraction of sp³-hybridized carbons (Fsp3) is 0.267. The molecule has 5 nitrogen and oxygen atoms in total. The molecule has 0 atom stereocenters. The van der Waals surface area contributed by atoms with Crippen LogP contribution in [0.4, 0.5) is 0 Å². The van der Waals surface area contributed by atoms with Crippen molar-refractivity contribution in [1.82, 2.24) is 19.9 Å². The van der Waals surface area contributed by atoms with Crippen molar-refractivity contribution in [3.8, 4) is 5.69 Å². The van der Waals surface area contributed by atoms with Crippen LogP contribution in [0.1, 0.15) is 28.7 Å². The van der Waals surface area contributed by atoms with Gasteiger partial charge < -0.3 is 4.52 Å². The van der Waals surface area contributed by atoms with E-state index in [9.17, 15) is 0 Å². The second-order valence-electron chi connectivity index (χ2n) is 4.81. The van der Waals surface area contributed by atoms with Crippen LogP contribution in [0.15, 0.2) is 34.9 Å². The highest BCUT2D eigenvalue weighted by Crippen LogP contribution is 2.20. The Morgan fingerprint density at radius 2 is 1.85 bits per heavy atom. The van der Waals surface area contributed by atoms with Crippen molar-refractivity contribution in [2.24, 2.45) is 0 Å². The molecule has 0 aliphatic carbocycles. The summed E-state index contributed by atoms with van der Waals surface area (Å²) >= 11 is 0. The van der Waals surface area contributed by atoms with E-state index in [1.807, 2.05) is 48.9 Å². The molecule has 3 aromatic rings. The lowest BCUT2D eigenvalue weighted by Crippen LogP contribution is -1.99. The summed E-state index contributed by atoms with van der Waals surface area (Å²) in [6, 6.07) is 10.1. The summed E-state index contributed by atoms with van der Waals surface area (Å²) in [4.78, 5) is 4.26.